The number of thiazole rings is 1. The summed E-state index contributed by atoms with van der Waals surface area (Å²) in [5.41, 5.74) is 5.00. The van der Waals surface area contributed by atoms with Gasteiger partial charge in [-0.05, 0) is 71.8 Å². The number of urea groups is 1. The zero-order chi connectivity index (χ0) is 33.6. The van der Waals surface area contributed by atoms with Crippen LogP contribution in [0.4, 0.5) is 16.2 Å². The highest BCUT2D eigenvalue weighted by Gasteiger charge is 2.38. The lowest BCUT2D eigenvalue weighted by Crippen LogP contribution is -2.38. The molecule has 0 radical (unpaired) electrons. The number of hydrogen-bond donors (Lipinski definition) is 3. The predicted molar refractivity (Wildman–Crippen MR) is 195 cm³/mol. The molecule has 8 nitrogen and oxygen atoms in total. The van der Waals surface area contributed by atoms with Crippen molar-refractivity contribution in [3.63, 3.8) is 0 Å². The molecule has 49 heavy (non-hydrogen) atoms. The van der Waals surface area contributed by atoms with Crippen molar-refractivity contribution in [2.24, 2.45) is 5.92 Å². The third-order valence-electron chi connectivity index (χ3n) is 8.30. The number of aromatic nitrogens is 1. The Morgan fingerprint density at radius 1 is 0.796 bits per heavy atom. The molecule has 6 aromatic rings. The van der Waals surface area contributed by atoms with Crippen LogP contribution in [0.1, 0.15) is 36.0 Å². The lowest BCUT2D eigenvalue weighted by atomic mass is 9.91. The van der Waals surface area contributed by atoms with Crippen molar-refractivity contribution in [2.75, 3.05) is 16.4 Å². The molecule has 0 spiro atoms. The fourth-order valence-electron chi connectivity index (χ4n) is 5.62. The summed E-state index contributed by atoms with van der Waals surface area (Å²) in [4.78, 5) is 17.6. The number of hydrogen-bond acceptors (Lipinski definition) is 8. The van der Waals surface area contributed by atoms with Crippen molar-refractivity contribution >= 4 is 50.7 Å². The third-order valence-corrected chi connectivity index (χ3v) is 10.6. The van der Waals surface area contributed by atoms with Crippen LogP contribution < -0.4 is 15.4 Å². The molecule has 2 amide bonds. The molecular formula is C39H35N3O5S2. The molecule has 7 rings (SSSR count). The van der Waals surface area contributed by atoms with Crippen molar-refractivity contribution in [2.45, 2.75) is 36.4 Å². The number of thioether (sulfide) groups is 1. The highest BCUT2D eigenvalue weighted by Crippen LogP contribution is 2.43. The Balaban J connectivity index is 1.01. The summed E-state index contributed by atoms with van der Waals surface area (Å²) in [5, 5.41) is 15.3. The lowest BCUT2D eigenvalue weighted by molar-refractivity contribution is -0.268. The zero-order valence-electron chi connectivity index (χ0n) is 26.7. The van der Waals surface area contributed by atoms with Crippen molar-refractivity contribution in [3.05, 3.63) is 144 Å². The van der Waals surface area contributed by atoms with Gasteiger partial charge in [-0.1, -0.05) is 85.4 Å². The second-order valence-electron chi connectivity index (χ2n) is 11.7. The van der Waals surface area contributed by atoms with E-state index in [1.165, 1.54) is 4.70 Å². The van der Waals surface area contributed by atoms with Crippen LogP contribution >= 0.6 is 23.1 Å². The molecule has 1 fully saturated rings. The standard InChI is InChI=1S/C39H35N3O5S2/c1-25-34(24-48-39-42-33-9-5-6-10-35(33)49-39)46-37(47-36(25)27-13-11-26(23-43)12-14-27)28-15-17-29(18-16-28)40-38(44)41-30-19-21-32(22-20-30)45-31-7-3-2-4-8-31/h2-22,25,34,36-37,43H,23-24H2,1H3,(H2,40,41,44)/t25-,34+,36+,37+/m0/s1. The first-order chi connectivity index (χ1) is 24.0. The van der Waals surface area contributed by atoms with Gasteiger partial charge >= 0.3 is 6.03 Å². The normalized spacial score (nSPS) is 19.0. The van der Waals surface area contributed by atoms with Crippen LogP contribution in [0.25, 0.3) is 10.2 Å². The van der Waals surface area contributed by atoms with Gasteiger partial charge in [0.1, 0.15) is 11.5 Å². The van der Waals surface area contributed by atoms with Crippen molar-refractivity contribution < 1.29 is 24.1 Å². The second-order valence-corrected chi connectivity index (χ2v) is 14.0. The molecule has 10 heteroatoms. The van der Waals surface area contributed by atoms with Crippen molar-refractivity contribution in [1.29, 1.82) is 0 Å². The summed E-state index contributed by atoms with van der Waals surface area (Å²) >= 11 is 3.39. The summed E-state index contributed by atoms with van der Waals surface area (Å²) in [6.07, 6.45) is -0.953. The molecule has 4 atom stereocenters. The summed E-state index contributed by atoms with van der Waals surface area (Å²) in [6, 6.07) is 39.9. The van der Waals surface area contributed by atoms with Crippen LogP contribution in [-0.2, 0) is 16.1 Å². The molecule has 2 heterocycles. The van der Waals surface area contributed by atoms with E-state index in [0.29, 0.717) is 22.9 Å². The number of anilines is 2. The minimum Gasteiger partial charge on any atom is -0.457 e. The van der Waals surface area contributed by atoms with Gasteiger partial charge in [-0.15, -0.1) is 11.3 Å². The number of ether oxygens (including phenoxy) is 3. The molecule has 1 aromatic heterocycles. The van der Waals surface area contributed by atoms with Crippen molar-refractivity contribution in [1.82, 2.24) is 4.98 Å². The van der Waals surface area contributed by atoms with Gasteiger partial charge in [0.25, 0.3) is 0 Å². The number of nitrogens with zero attached hydrogens (tertiary/aromatic N) is 1. The smallest absolute Gasteiger partial charge is 0.323 e. The number of rotatable bonds is 10. The maximum Gasteiger partial charge on any atom is 0.323 e. The van der Waals surface area contributed by atoms with Gasteiger partial charge in [-0.25, -0.2) is 9.78 Å². The van der Waals surface area contributed by atoms with E-state index < -0.39 is 6.29 Å². The van der Waals surface area contributed by atoms with E-state index in [1.54, 1.807) is 35.2 Å². The van der Waals surface area contributed by atoms with Gasteiger partial charge in [0.15, 0.2) is 10.6 Å². The Kier molecular flexibility index (Phi) is 10.2. The molecule has 3 N–H and O–H groups in total. The van der Waals surface area contributed by atoms with Gasteiger partial charge in [-0.3, -0.25) is 0 Å². The summed E-state index contributed by atoms with van der Waals surface area (Å²) in [5.74, 6) is 2.19. The van der Waals surface area contributed by atoms with Gasteiger partial charge in [0.05, 0.1) is 29.0 Å². The van der Waals surface area contributed by atoms with Crippen LogP contribution in [0.3, 0.4) is 0 Å². The van der Waals surface area contributed by atoms with Gasteiger partial charge < -0.3 is 30.0 Å². The topological polar surface area (TPSA) is 102 Å². The number of fused-ring (bicyclic) bond motifs is 1. The Bertz CT molecular complexity index is 1950. The van der Waals surface area contributed by atoms with E-state index >= 15 is 0 Å². The largest absolute Gasteiger partial charge is 0.457 e. The maximum atomic E-state index is 12.8. The van der Waals surface area contributed by atoms with Crippen molar-refractivity contribution in [3.8, 4) is 11.5 Å². The molecule has 0 bridgehead atoms. The monoisotopic (exact) mass is 689 g/mol. The SMILES string of the molecule is C[C@H]1[C@@H](CSc2nc3ccccc3s2)O[C@@H](c2ccc(NC(=O)Nc3ccc(Oc4ccccc4)cc3)cc2)O[C@H]1c1ccc(CO)cc1. The average Bonchev–Trinajstić information content (AvgIpc) is 3.56. The third kappa shape index (κ3) is 8.13. The molecule has 0 saturated carbocycles. The first kappa shape index (κ1) is 32.8. The zero-order valence-corrected chi connectivity index (χ0v) is 28.3. The molecule has 1 aliphatic rings. The molecule has 0 aliphatic carbocycles. The first-order valence-corrected chi connectivity index (χ1v) is 17.8. The van der Waals surface area contributed by atoms with E-state index in [9.17, 15) is 9.90 Å². The van der Waals surface area contributed by atoms with Crippen LogP contribution in [0.2, 0.25) is 0 Å². The average molecular weight is 690 g/mol. The highest BCUT2D eigenvalue weighted by molar-refractivity contribution is 8.01. The Morgan fingerprint density at radius 2 is 1.43 bits per heavy atom. The molecule has 0 unspecified atom stereocenters. The van der Waals surface area contributed by atoms with E-state index in [0.717, 1.165) is 32.3 Å². The van der Waals surface area contributed by atoms with E-state index in [1.807, 2.05) is 109 Å². The van der Waals surface area contributed by atoms with Gasteiger partial charge in [-0.2, -0.15) is 0 Å². The van der Waals surface area contributed by atoms with Crippen LogP contribution in [0.15, 0.2) is 132 Å². The molecule has 1 aliphatic heterocycles. The number of aliphatic hydroxyl groups is 1. The highest BCUT2D eigenvalue weighted by atomic mass is 32.2. The molecule has 5 aromatic carbocycles. The summed E-state index contributed by atoms with van der Waals surface area (Å²) < 4.78 is 21.2. The Morgan fingerprint density at radius 3 is 2.12 bits per heavy atom. The number of carbonyl (C=O) groups excluding carboxylic acids is 1. The van der Waals surface area contributed by atoms with Crippen LogP contribution in [-0.4, -0.2) is 28.0 Å². The minimum absolute atomic E-state index is 0.0110. The van der Waals surface area contributed by atoms with Gasteiger partial charge in [0, 0.05) is 28.6 Å². The number of amides is 2. The van der Waals surface area contributed by atoms with E-state index in [-0.39, 0.29) is 30.8 Å². The lowest BCUT2D eigenvalue weighted by Gasteiger charge is -2.41. The fraction of sp³-hybridized carbons (Fsp3) is 0.179. The molecule has 248 valence electrons. The fourth-order valence-corrected chi connectivity index (χ4v) is 7.88. The number of para-hydroxylation sites is 2. The summed E-state index contributed by atoms with van der Waals surface area (Å²) in [7, 11) is 0. The Hall–Kier alpha value is -4.71. The maximum absolute atomic E-state index is 12.8. The first-order valence-electron chi connectivity index (χ1n) is 16.0. The van der Waals surface area contributed by atoms with Crippen LogP contribution in [0.5, 0.6) is 11.5 Å². The quantitative estimate of drug-likeness (QED) is 0.123. The summed E-state index contributed by atoms with van der Waals surface area (Å²) in [6.45, 7) is 2.14. The number of carbonyl (C=O) groups is 1. The van der Waals surface area contributed by atoms with E-state index in [4.69, 9.17) is 19.2 Å². The number of benzene rings is 5. The second kappa shape index (κ2) is 15.2. The predicted octanol–water partition coefficient (Wildman–Crippen LogP) is 9.81. The molecule has 1 saturated heterocycles. The van der Waals surface area contributed by atoms with Crippen LogP contribution in [0, 0.1) is 5.92 Å². The molecular weight excluding hydrogens is 655 g/mol. The Labute approximate surface area is 293 Å². The van der Waals surface area contributed by atoms with Gasteiger partial charge in [0.2, 0.25) is 0 Å². The number of aliphatic hydroxyl groups excluding tert-OH is 1. The van der Waals surface area contributed by atoms with E-state index in [2.05, 4.69) is 23.6 Å². The number of nitrogens with one attached hydrogen (secondary N) is 2. The minimum atomic E-state index is -0.612.